The van der Waals surface area contributed by atoms with Crippen LogP contribution in [0, 0.1) is 57.2 Å². The van der Waals surface area contributed by atoms with Gasteiger partial charge < -0.3 is 4.74 Å². The van der Waals surface area contributed by atoms with Gasteiger partial charge in [0.1, 0.15) is 6.10 Å². The number of allylic oxidation sites excluding steroid dienone is 4. The summed E-state index contributed by atoms with van der Waals surface area (Å²) in [5, 5.41) is 0. The normalized spacial score (nSPS) is 52.7. The molecule has 0 N–H and O–H groups in total. The summed E-state index contributed by atoms with van der Waals surface area (Å²) in [5.41, 5.74) is 7.29. The number of hydrogen-bond donors (Lipinski definition) is 0. The molecule has 7 aliphatic rings. The number of hydrogen-bond acceptors (Lipinski definition) is 2. The average Bonchev–Trinajstić information content (AvgIpc) is 3.47. The van der Waals surface area contributed by atoms with Crippen molar-refractivity contribution < 1.29 is 9.53 Å². The molecule has 3 saturated carbocycles. The number of rotatable bonds is 1. The first-order chi connectivity index (χ1) is 17.4. The predicted molar refractivity (Wildman–Crippen MR) is 150 cm³/mol. The minimum Gasteiger partial charge on any atom is -0.462 e. The molecule has 204 valence electrons. The molecule has 37 heavy (non-hydrogen) atoms. The van der Waals surface area contributed by atoms with Crippen molar-refractivity contribution in [3.05, 3.63) is 22.3 Å². The van der Waals surface area contributed by atoms with E-state index in [1.54, 1.807) is 16.7 Å². The van der Waals surface area contributed by atoms with Crippen LogP contribution in [-0.4, -0.2) is 12.1 Å². The minimum absolute atomic E-state index is 0.00451. The molecule has 1 saturated heterocycles. The van der Waals surface area contributed by atoms with Crippen LogP contribution in [0.1, 0.15) is 126 Å². The zero-order valence-corrected chi connectivity index (χ0v) is 24.8. The first-order valence-electron chi connectivity index (χ1n) is 16.1. The Morgan fingerprint density at radius 2 is 1.73 bits per heavy atom. The molecule has 1 aliphatic heterocycles. The predicted octanol–water partition coefficient (Wildman–Crippen LogP) is 9.05. The van der Waals surface area contributed by atoms with Crippen LogP contribution in [-0.2, 0) is 9.53 Å². The van der Waals surface area contributed by atoms with Crippen molar-refractivity contribution in [2.45, 2.75) is 132 Å². The van der Waals surface area contributed by atoms with E-state index in [4.69, 9.17) is 4.74 Å². The Bertz CT molecular complexity index is 1090. The third-order valence-electron chi connectivity index (χ3n) is 14.3. The van der Waals surface area contributed by atoms with Crippen LogP contribution < -0.4 is 0 Å². The molecule has 10 atom stereocenters. The smallest absolute Gasteiger partial charge is 0.313 e. The highest BCUT2D eigenvalue weighted by molar-refractivity contribution is 5.83. The zero-order valence-electron chi connectivity index (χ0n) is 24.8. The third kappa shape index (κ3) is 3.03. The van der Waals surface area contributed by atoms with Gasteiger partial charge in [-0.1, -0.05) is 63.8 Å². The van der Waals surface area contributed by atoms with Crippen LogP contribution in [0.15, 0.2) is 22.3 Å². The van der Waals surface area contributed by atoms with Crippen molar-refractivity contribution in [3.8, 4) is 0 Å². The van der Waals surface area contributed by atoms with E-state index in [2.05, 4.69) is 48.5 Å². The standard InChI is InChI=1S/C35H52O2/c1-20(2)24-12-14-33(6)18-28-30(22(4)10-11-25(24)33)23-16-34(28,7)35(17-23)27-15-26-21(3)9-8-13-32(26,5)19-29(27)37-31(35)36/h20,22-25,27,29H,8-19H2,1-7H3/t22-,23-,24+,25-,27+,29-,32-,33+,34-,35+/m0/s1. The van der Waals surface area contributed by atoms with Crippen LogP contribution in [0.3, 0.4) is 0 Å². The van der Waals surface area contributed by atoms with Gasteiger partial charge in [-0.15, -0.1) is 0 Å². The summed E-state index contributed by atoms with van der Waals surface area (Å²) >= 11 is 0. The lowest BCUT2D eigenvalue weighted by Crippen LogP contribution is -2.50. The molecule has 1 heterocycles. The molecule has 7 rings (SSSR count). The molecular weight excluding hydrogens is 452 g/mol. The molecule has 0 aromatic carbocycles. The number of esters is 1. The Labute approximate surface area is 226 Å². The van der Waals surface area contributed by atoms with Crippen LogP contribution in [0.2, 0.25) is 0 Å². The second-order valence-electron chi connectivity index (χ2n) is 16.3. The number of fused-ring (bicyclic) bond motifs is 9. The molecule has 0 radical (unpaired) electrons. The molecule has 1 spiro atoms. The summed E-state index contributed by atoms with van der Waals surface area (Å²) in [6.45, 7) is 17.5. The van der Waals surface area contributed by atoms with Crippen LogP contribution in [0.4, 0.5) is 0 Å². The van der Waals surface area contributed by atoms with Gasteiger partial charge in [-0.3, -0.25) is 4.79 Å². The van der Waals surface area contributed by atoms with E-state index in [1.165, 1.54) is 57.8 Å². The van der Waals surface area contributed by atoms with Gasteiger partial charge in [0.05, 0.1) is 5.41 Å². The summed E-state index contributed by atoms with van der Waals surface area (Å²) in [6.07, 6.45) is 15.2. The Hall–Kier alpha value is -1.05. The number of ether oxygens (including phenoxy) is 1. The van der Waals surface area contributed by atoms with Gasteiger partial charge in [0.2, 0.25) is 0 Å². The quantitative estimate of drug-likeness (QED) is 0.263. The molecule has 2 heteroatoms. The Balaban J connectivity index is 1.31. The Morgan fingerprint density at radius 1 is 0.946 bits per heavy atom. The molecule has 2 nitrogen and oxygen atoms in total. The Morgan fingerprint density at radius 3 is 2.49 bits per heavy atom. The van der Waals surface area contributed by atoms with Gasteiger partial charge in [-0.05, 0) is 124 Å². The highest BCUT2D eigenvalue weighted by atomic mass is 16.6. The highest BCUT2D eigenvalue weighted by Gasteiger charge is 2.75. The summed E-state index contributed by atoms with van der Waals surface area (Å²) in [5.74, 6) is 4.38. The fraction of sp³-hybridized carbons (Fsp3) is 0.857. The number of carbonyl (C=O) groups is 1. The zero-order chi connectivity index (χ0) is 26.1. The van der Waals surface area contributed by atoms with Crippen LogP contribution >= 0.6 is 0 Å². The fourth-order valence-electron chi connectivity index (χ4n) is 12.5. The summed E-state index contributed by atoms with van der Waals surface area (Å²) in [4.78, 5) is 14.2. The Kier molecular flexibility index (Phi) is 5.25. The maximum absolute atomic E-state index is 14.2. The van der Waals surface area contributed by atoms with Crippen molar-refractivity contribution in [1.29, 1.82) is 0 Å². The van der Waals surface area contributed by atoms with Crippen molar-refractivity contribution in [2.24, 2.45) is 57.2 Å². The molecule has 0 aromatic heterocycles. The van der Waals surface area contributed by atoms with E-state index >= 15 is 0 Å². The average molecular weight is 505 g/mol. The number of carbonyl (C=O) groups excluding carboxylic acids is 1. The first kappa shape index (κ1) is 25.0. The first-order valence-corrected chi connectivity index (χ1v) is 16.1. The van der Waals surface area contributed by atoms with E-state index < -0.39 is 0 Å². The highest BCUT2D eigenvalue weighted by Crippen LogP contribution is 2.77. The monoisotopic (exact) mass is 504 g/mol. The van der Waals surface area contributed by atoms with E-state index in [-0.39, 0.29) is 28.3 Å². The van der Waals surface area contributed by atoms with E-state index in [0.29, 0.717) is 23.2 Å². The lowest BCUT2D eigenvalue weighted by Gasteiger charge is -2.52. The molecular formula is C35H52O2. The topological polar surface area (TPSA) is 26.3 Å². The van der Waals surface area contributed by atoms with Gasteiger partial charge in [-0.2, -0.15) is 0 Å². The van der Waals surface area contributed by atoms with Crippen LogP contribution in [0.25, 0.3) is 0 Å². The lowest BCUT2D eigenvalue weighted by molar-refractivity contribution is -0.153. The fourth-order valence-corrected chi connectivity index (χ4v) is 12.5. The van der Waals surface area contributed by atoms with Crippen molar-refractivity contribution in [3.63, 3.8) is 0 Å². The van der Waals surface area contributed by atoms with Gasteiger partial charge in [0.15, 0.2) is 0 Å². The van der Waals surface area contributed by atoms with Gasteiger partial charge in [0, 0.05) is 11.3 Å². The van der Waals surface area contributed by atoms with Gasteiger partial charge >= 0.3 is 5.97 Å². The summed E-state index contributed by atoms with van der Waals surface area (Å²) in [6, 6.07) is 0. The SMILES string of the molecule is CC1=C2C[C@@H]3[C@H](C[C@]2(C)CCC1)OC(=O)[C@@]31C[C@@H]2C[C@@]1(C)C1=C2[C@@H](C)CC[C@H]2[C@@H](C(C)C)CC[C@]2(C)C1. The summed E-state index contributed by atoms with van der Waals surface area (Å²) < 4.78 is 6.51. The van der Waals surface area contributed by atoms with Crippen molar-refractivity contribution in [2.75, 3.05) is 0 Å². The second kappa shape index (κ2) is 7.78. The molecule has 4 fully saturated rings. The summed E-state index contributed by atoms with van der Waals surface area (Å²) in [7, 11) is 0. The maximum Gasteiger partial charge on any atom is 0.313 e. The molecule has 6 aliphatic carbocycles. The van der Waals surface area contributed by atoms with Crippen molar-refractivity contribution in [1.82, 2.24) is 0 Å². The molecule has 0 unspecified atom stereocenters. The van der Waals surface area contributed by atoms with E-state index in [0.717, 1.165) is 37.0 Å². The van der Waals surface area contributed by atoms with E-state index in [9.17, 15) is 4.79 Å². The van der Waals surface area contributed by atoms with E-state index in [1.807, 2.05) is 5.57 Å². The maximum atomic E-state index is 14.2. The largest absolute Gasteiger partial charge is 0.462 e. The lowest BCUT2D eigenvalue weighted by atomic mass is 9.48. The van der Waals surface area contributed by atoms with Gasteiger partial charge in [-0.25, -0.2) is 0 Å². The third-order valence-corrected chi connectivity index (χ3v) is 14.3. The minimum atomic E-state index is -0.284. The van der Waals surface area contributed by atoms with Gasteiger partial charge in [0.25, 0.3) is 0 Å². The molecule has 2 bridgehead atoms. The second-order valence-corrected chi connectivity index (χ2v) is 16.3. The van der Waals surface area contributed by atoms with Crippen molar-refractivity contribution >= 4 is 5.97 Å². The molecule has 0 amide bonds. The molecule has 0 aromatic rings. The van der Waals surface area contributed by atoms with Crippen LogP contribution in [0.5, 0.6) is 0 Å².